The van der Waals surface area contributed by atoms with Gasteiger partial charge in [0.2, 0.25) is 10.0 Å². The van der Waals surface area contributed by atoms with E-state index in [9.17, 15) is 13.2 Å². The third-order valence-electron chi connectivity index (χ3n) is 2.46. The van der Waals surface area contributed by atoms with E-state index in [0.717, 1.165) is 0 Å². The lowest BCUT2D eigenvalue weighted by Crippen LogP contribution is -2.27. The Balaban J connectivity index is 3.15. The van der Waals surface area contributed by atoms with Crippen LogP contribution in [0.15, 0.2) is 23.1 Å². The zero-order valence-electron chi connectivity index (χ0n) is 11.1. The molecule has 0 aliphatic carbocycles. The van der Waals surface area contributed by atoms with Gasteiger partial charge in [0.05, 0.1) is 13.7 Å². The first kappa shape index (κ1) is 15.6. The Hall–Kier alpha value is -1.44. The lowest BCUT2D eigenvalue weighted by atomic mass is 10.1. The lowest BCUT2D eigenvalue weighted by Gasteiger charge is -2.11. The second-order valence-electron chi connectivity index (χ2n) is 3.81. The molecule has 0 aromatic heterocycles. The maximum absolute atomic E-state index is 12.1. The molecule has 7 heteroatoms. The van der Waals surface area contributed by atoms with Crippen LogP contribution < -0.4 is 9.46 Å². The van der Waals surface area contributed by atoms with E-state index in [1.165, 1.54) is 39.3 Å². The Morgan fingerprint density at radius 2 is 2.00 bits per heavy atom. The molecule has 106 valence electrons. The van der Waals surface area contributed by atoms with Gasteiger partial charge in [-0.25, -0.2) is 13.1 Å². The Bertz CT molecular complexity index is 553. The predicted molar refractivity (Wildman–Crippen MR) is 70.1 cm³/mol. The van der Waals surface area contributed by atoms with E-state index in [-0.39, 0.29) is 29.6 Å². The van der Waals surface area contributed by atoms with Gasteiger partial charge in [0.15, 0.2) is 5.78 Å². The van der Waals surface area contributed by atoms with Crippen molar-refractivity contribution < 1.29 is 22.7 Å². The Morgan fingerprint density at radius 1 is 1.32 bits per heavy atom. The zero-order chi connectivity index (χ0) is 14.5. The lowest BCUT2D eigenvalue weighted by molar-refractivity contribution is 0.101. The minimum absolute atomic E-state index is 0.0567. The maximum atomic E-state index is 12.1. The van der Waals surface area contributed by atoms with Crippen molar-refractivity contribution in [1.29, 1.82) is 0 Å². The summed E-state index contributed by atoms with van der Waals surface area (Å²) in [5.41, 5.74) is 0.313. The van der Waals surface area contributed by atoms with Crippen LogP contribution >= 0.6 is 0 Å². The van der Waals surface area contributed by atoms with Crippen LogP contribution in [0.4, 0.5) is 0 Å². The van der Waals surface area contributed by atoms with E-state index in [1.807, 2.05) is 0 Å². The van der Waals surface area contributed by atoms with Crippen LogP contribution in [0.25, 0.3) is 0 Å². The van der Waals surface area contributed by atoms with Gasteiger partial charge in [-0.15, -0.1) is 0 Å². The van der Waals surface area contributed by atoms with Gasteiger partial charge < -0.3 is 9.47 Å². The van der Waals surface area contributed by atoms with E-state index >= 15 is 0 Å². The predicted octanol–water partition coefficient (Wildman–Crippen LogP) is 0.822. The molecular weight excluding hydrogens is 270 g/mol. The van der Waals surface area contributed by atoms with Crippen LogP contribution in [0.3, 0.4) is 0 Å². The summed E-state index contributed by atoms with van der Waals surface area (Å²) in [5, 5.41) is 0. The molecule has 0 aliphatic rings. The number of sulfonamides is 1. The molecule has 0 fully saturated rings. The molecule has 0 atom stereocenters. The van der Waals surface area contributed by atoms with E-state index in [2.05, 4.69) is 4.72 Å². The molecule has 1 N–H and O–H groups in total. The standard InChI is InChI=1S/C12H17NO5S/c1-9(14)10-4-5-11(18-3)12(8-10)19(15,16)13-6-7-17-2/h4-5,8,13H,6-7H2,1-3H3. The van der Waals surface area contributed by atoms with Crippen molar-refractivity contribution in [2.45, 2.75) is 11.8 Å². The number of rotatable bonds is 7. The topological polar surface area (TPSA) is 81.7 Å². The summed E-state index contributed by atoms with van der Waals surface area (Å²) in [5.74, 6) is -0.0223. The molecule has 1 rings (SSSR count). The third kappa shape index (κ3) is 4.02. The van der Waals surface area contributed by atoms with Gasteiger partial charge in [-0.1, -0.05) is 0 Å². The number of ketones is 1. The van der Waals surface area contributed by atoms with Crippen molar-refractivity contribution in [2.24, 2.45) is 0 Å². The molecule has 0 amide bonds. The first-order valence-corrected chi connectivity index (χ1v) is 7.08. The van der Waals surface area contributed by atoms with Crippen LogP contribution in [-0.2, 0) is 14.8 Å². The molecule has 0 aliphatic heterocycles. The van der Waals surface area contributed by atoms with Gasteiger partial charge in [-0.05, 0) is 25.1 Å². The Kier molecular flexibility index (Phi) is 5.46. The molecular formula is C12H17NO5S. The zero-order valence-corrected chi connectivity index (χ0v) is 11.9. The third-order valence-corrected chi connectivity index (χ3v) is 3.94. The van der Waals surface area contributed by atoms with Gasteiger partial charge >= 0.3 is 0 Å². The fourth-order valence-corrected chi connectivity index (χ4v) is 2.67. The van der Waals surface area contributed by atoms with Crippen LogP contribution in [0.2, 0.25) is 0 Å². The number of hydrogen-bond donors (Lipinski definition) is 1. The molecule has 0 bridgehead atoms. The van der Waals surface area contributed by atoms with Crippen molar-refractivity contribution in [3.05, 3.63) is 23.8 Å². The molecule has 19 heavy (non-hydrogen) atoms. The minimum Gasteiger partial charge on any atom is -0.495 e. The monoisotopic (exact) mass is 287 g/mol. The summed E-state index contributed by atoms with van der Waals surface area (Å²) >= 11 is 0. The number of benzene rings is 1. The van der Waals surface area contributed by atoms with Gasteiger partial charge in [-0.2, -0.15) is 0 Å². The molecule has 0 spiro atoms. The number of carbonyl (C=O) groups is 1. The fourth-order valence-electron chi connectivity index (χ4n) is 1.46. The van der Waals surface area contributed by atoms with Crippen molar-refractivity contribution in [2.75, 3.05) is 27.4 Å². The summed E-state index contributed by atoms with van der Waals surface area (Å²) in [4.78, 5) is 11.3. The summed E-state index contributed by atoms with van der Waals surface area (Å²) in [6, 6.07) is 4.28. The molecule has 1 aromatic rings. The highest BCUT2D eigenvalue weighted by molar-refractivity contribution is 7.89. The SMILES string of the molecule is COCCNS(=O)(=O)c1cc(C(C)=O)ccc1OC. The van der Waals surface area contributed by atoms with Crippen LogP contribution in [0.1, 0.15) is 17.3 Å². The van der Waals surface area contributed by atoms with Crippen molar-refractivity contribution in [3.8, 4) is 5.75 Å². The van der Waals surface area contributed by atoms with Crippen molar-refractivity contribution in [1.82, 2.24) is 4.72 Å². The summed E-state index contributed by atoms with van der Waals surface area (Å²) in [7, 11) is -0.889. The van der Waals surface area contributed by atoms with Gasteiger partial charge in [-0.3, -0.25) is 4.79 Å². The maximum Gasteiger partial charge on any atom is 0.244 e. The molecule has 0 radical (unpaired) electrons. The molecule has 0 saturated carbocycles. The van der Waals surface area contributed by atoms with Crippen LogP contribution in [0, 0.1) is 0 Å². The second kappa shape index (κ2) is 6.65. The Labute approximate surface area is 112 Å². The van der Waals surface area contributed by atoms with E-state index in [1.54, 1.807) is 0 Å². The Morgan fingerprint density at radius 3 is 2.53 bits per heavy atom. The van der Waals surface area contributed by atoms with E-state index in [0.29, 0.717) is 5.56 Å². The average Bonchev–Trinajstić information content (AvgIpc) is 2.38. The number of hydrogen-bond acceptors (Lipinski definition) is 5. The van der Waals surface area contributed by atoms with Crippen LogP contribution in [0.5, 0.6) is 5.75 Å². The van der Waals surface area contributed by atoms with E-state index < -0.39 is 10.0 Å². The second-order valence-corrected chi connectivity index (χ2v) is 5.55. The van der Waals surface area contributed by atoms with Gasteiger partial charge in [0.25, 0.3) is 0 Å². The molecule has 0 heterocycles. The highest BCUT2D eigenvalue weighted by atomic mass is 32.2. The minimum atomic E-state index is -3.74. The number of carbonyl (C=O) groups excluding carboxylic acids is 1. The fraction of sp³-hybridized carbons (Fsp3) is 0.417. The number of ether oxygens (including phenoxy) is 2. The smallest absolute Gasteiger partial charge is 0.244 e. The summed E-state index contributed by atoms with van der Waals surface area (Å²) in [6.07, 6.45) is 0. The highest BCUT2D eigenvalue weighted by Gasteiger charge is 2.20. The number of nitrogens with one attached hydrogen (secondary N) is 1. The van der Waals surface area contributed by atoms with Gasteiger partial charge in [0.1, 0.15) is 10.6 Å². The average molecular weight is 287 g/mol. The van der Waals surface area contributed by atoms with Crippen molar-refractivity contribution in [3.63, 3.8) is 0 Å². The molecule has 0 saturated heterocycles. The number of methoxy groups -OCH3 is 2. The molecule has 1 aromatic carbocycles. The van der Waals surface area contributed by atoms with E-state index in [4.69, 9.17) is 9.47 Å². The molecule has 6 nitrogen and oxygen atoms in total. The first-order valence-electron chi connectivity index (χ1n) is 5.60. The summed E-state index contributed by atoms with van der Waals surface area (Å²) in [6.45, 7) is 1.77. The van der Waals surface area contributed by atoms with Gasteiger partial charge in [0, 0.05) is 19.2 Å². The van der Waals surface area contributed by atoms with Crippen LogP contribution in [-0.4, -0.2) is 41.6 Å². The van der Waals surface area contributed by atoms with Crippen molar-refractivity contribution >= 4 is 15.8 Å². The first-order chi connectivity index (χ1) is 8.92. The number of Topliss-reactive ketones (excluding diaryl/α,β-unsaturated/α-hetero) is 1. The highest BCUT2D eigenvalue weighted by Crippen LogP contribution is 2.24. The largest absolute Gasteiger partial charge is 0.495 e. The quantitative estimate of drug-likeness (QED) is 0.593. The molecule has 0 unspecified atom stereocenters. The summed E-state index contributed by atoms with van der Waals surface area (Å²) < 4.78 is 36.4. The normalized spacial score (nSPS) is 11.3.